The molecule has 1 aromatic heterocycles. The highest BCUT2D eigenvalue weighted by molar-refractivity contribution is 5.80. The summed E-state index contributed by atoms with van der Waals surface area (Å²) in [7, 11) is 0. The van der Waals surface area contributed by atoms with Crippen LogP contribution in [0.25, 0.3) is 11.3 Å². The van der Waals surface area contributed by atoms with Crippen LogP contribution in [0.4, 0.5) is 10.7 Å². The third kappa shape index (κ3) is 5.94. The minimum absolute atomic E-state index is 0.0357. The number of rotatable bonds is 7. The average molecular weight is 369 g/mol. The third-order valence-corrected chi connectivity index (χ3v) is 3.70. The number of benzene rings is 1. The van der Waals surface area contributed by atoms with Crippen LogP contribution in [-0.2, 0) is 0 Å². The lowest BCUT2D eigenvalue weighted by Crippen LogP contribution is -2.43. The van der Waals surface area contributed by atoms with E-state index in [1.54, 1.807) is 24.3 Å². The molecule has 1 aromatic carbocycles. The Balaban J connectivity index is 2.21. The Morgan fingerprint density at radius 3 is 2.81 bits per heavy atom. The molecular weight excluding hydrogens is 346 g/mol. The van der Waals surface area contributed by atoms with E-state index in [9.17, 15) is 10.1 Å². The van der Waals surface area contributed by atoms with Gasteiger partial charge in [-0.25, -0.2) is 14.8 Å². The van der Waals surface area contributed by atoms with Crippen molar-refractivity contribution in [2.75, 3.05) is 11.9 Å². The first-order valence-electron chi connectivity index (χ1n) is 8.49. The monoisotopic (exact) mass is 369 g/mol. The first kappa shape index (κ1) is 20.1. The molecule has 0 aliphatic heterocycles. The largest absolute Gasteiger partial charge is 0.490 e. The molecular formula is C19H23N5O3. The minimum atomic E-state index is -1.25. The predicted octanol–water partition coefficient (Wildman–Crippen LogP) is 3.25. The molecule has 27 heavy (non-hydrogen) atoms. The summed E-state index contributed by atoms with van der Waals surface area (Å²) in [6.07, 6.45) is 0.989. The molecule has 4 N–H and O–H groups in total. The van der Waals surface area contributed by atoms with E-state index in [-0.39, 0.29) is 5.95 Å². The molecule has 8 nitrogen and oxygen atoms in total. The maximum absolute atomic E-state index is 10.7. The lowest BCUT2D eigenvalue weighted by molar-refractivity contribution is 0.206. The summed E-state index contributed by atoms with van der Waals surface area (Å²) in [5.74, 6) is 0.846. The number of hydrogen-bond donors (Lipinski definition) is 3. The van der Waals surface area contributed by atoms with Crippen molar-refractivity contribution < 1.29 is 14.6 Å². The zero-order valence-electron chi connectivity index (χ0n) is 15.6. The molecule has 0 fully saturated rings. The fraction of sp³-hybridized carbons (Fsp3) is 0.368. The fourth-order valence-corrected chi connectivity index (χ4v) is 2.81. The Morgan fingerprint density at radius 2 is 2.19 bits per heavy atom. The third-order valence-electron chi connectivity index (χ3n) is 3.70. The van der Waals surface area contributed by atoms with Gasteiger partial charge in [-0.2, -0.15) is 5.26 Å². The number of carboxylic acid groups (broad SMARTS) is 1. The molecule has 0 aliphatic rings. The van der Waals surface area contributed by atoms with Crippen molar-refractivity contribution in [3.63, 3.8) is 0 Å². The minimum Gasteiger partial charge on any atom is -0.490 e. The van der Waals surface area contributed by atoms with Crippen molar-refractivity contribution in [1.82, 2.24) is 9.97 Å². The number of carbonyl (C=O) groups is 1. The number of nitriles is 1. The quantitative estimate of drug-likeness (QED) is 0.682. The Kier molecular flexibility index (Phi) is 6.32. The molecule has 0 radical (unpaired) electrons. The summed E-state index contributed by atoms with van der Waals surface area (Å²) in [5, 5.41) is 20.3. The van der Waals surface area contributed by atoms with E-state index in [0.717, 1.165) is 6.42 Å². The molecule has 1 unspecified atom stereocenters. The smallest absolute Gasteiger partial charge is 0.411 e. The molecule has 0 saturated carbocycles. The molecule has 1 atom stereocenters. The van der Waals surface area contributed by atoms with Gasteiger partial charge in [0, 0.05) is 17.3 Å². The predicted molar refractivity (Wildman–Crippen MR) is 101 cm³/mol. The molecule has 0 aliphatic carbocycles. The number of aromatic nitrogens is 2. The second kappa shape index (κ2) is 8.47. The first-order valence-corrected chi connectivity index (χ1v) is 8.49. The van der Waals surface area contributed by atoms with Crippen LogP contribution in [0.5, 0.6) is 5.75 Å². The van der Waals surface area contributed by atoms with Gasteiger partial charge >= 0.3 is 6.09 Å². The highest BCUT2D eigenvalue weighted by Gasteiger charge is 2.21. The van der Waals surface area contributed by atoms with E-state index in [1.165, 1.54) is 6.20 Å². The highest BCUT2D eigenvalue weighted by atomic mass is 16.5. The van der Waals surface area contributed by atoms with Gasteiger partial charge in [0.05, 0.1) is 11.3 Å². The van der Waals surface area contributed by atoms with Crippen LogP contribution in [0.1, 0.15) is 32.8 Å². The maximum Gasteiger partial charge on any atom is 0.411 e. The lowest BCUT2D eigenvalue weighted by atomic mass is 9.93. The molecule has 142 valence electrons. The number of nitrogens with zero attached hydrogens (tertiary/aromatic N) is 3. The summed E-state index contributed by atoms with van der Waals surface area (Å²) >= 11 is 0. The molecule has 1 heterocycles. The van der Waals surface area contributed by atoms with Crippen LogP contribution in [-0.4, -0.2) is 33.3 Å². The Labute approximate surface area is 158 Å². The van der Waals surface area contributed by atoms with Crippen molar-refractivity contribution in [1.29, 1.82) is 5.26 Å². The van der Waals surface area contributed by atoms with E-state index in [0.29, 0.717) is 35.1 Å². The number of anilines is 1. The Bertz CT molecular complexity index is 859. The zero-order chi connectivity index (χ0) is 20.0. The van der Waals surface area contributed by atoms with Gasteiger partial charge in [-0.15, -0.1) is 0 Å². The summed E-state index contributed by atoms with van der Waals surface area (Å²) in [4.78, 5) is 18.7. The van der Waals surface area contributed by atoms with E-state index in [2.05, 4.69) is 35.2 Å². The summed E-state index contributed by atoms with van der Waals surface area (Å²) < 4.78 is 5.79. The molecule has 2 rings (SSSR count). The van der Waals surface area contributed by atoms with Crippen LogP contribution < -0.4 is 15.8 Å². The summed E-state index contributed by atoms with van der Waals surface area (Å²) in [6, 6.07) is 8.81. The van der Waals surface area contributed by atoms with E-state index in [1.807, 2.05) is 6.92 Å². The average Bonchev–Trinajstić information content (AvgIpc) is 2.58. The van der Waals surface area contributed by atoms with Crippen molar-refractivity contribution >= 4 is 12.0 Å². The van der Waals surface area contributed by atoms with Crippen LogP contribution >= 0.6 is 0 Å². The fourth-order valence-electron chi connectivity index (χ4n) is 2.81. The van der Waals surface area contributed by atoms with Gasteiger partial charge in [-0.05, 0) is 43.5 Å². The van der Waals surface area contributed by atoms with E-state index >= 15 is 0 Å². The van der Waals surface area contributed by atoms with Gasteiger partial charge < -0.3 is 15.6 Å². The lowest BCUT2D eigenvalue weighted by Gasteiger charge is -2.26. The number of nitrogens with two attached hydrogens (primary N) is 1. The molecule has 0 spiro atoms. The standard InChI is InChI=1S/C19H23N5O3/c1-12(2)9-19(3,21)11-27-16-5-4-13(8-14(16)10-20)15-6-7-22-17(23-15)24-18(25)26/h4-8,12H,9,11,21H2,1-3H3,(H,25,26)(H,22,23,24). The van der Waals surface area contributed by atoms with Crippen LogP contribution in [0.3, 0.4) is 0 Å². The summed E-state index contributed by atoms with van der Waals surface area (Å²) in [6.45, 7) is 6.40. The Hall–Kier alpha value is -3.18. The molecule has 1 amide bonds. The van der Waals surface area contributed by atoms with Gasteiger partial charge in [0.25, 0.3) is 0 Å². The number of hydrogen-bond acceptors (Lipinski definition) is 6. The van der Waals surface area contributed by atoms with Crippen molar-refractivity contribution in [3.8, 4) is 23.1 Å². The normalized spacial score (nSPS) is 12.9. The molecule has 2 aromatic rings. The zero-order valence-corrected chi connectivity index (χ0v) is 15.6. The molecule has 8 heteroatoms. The van der Waals surface area contributed by atoms with Crippen LogP contribution in [0, 0.1) is 17.2 Å². The van der Waals surface area contributed by atoms with E-state index in [4.69, 9.17) is 15.6 Å². The second-order valence-corrected chi connectivity index (χ2v) is 7.06. The maximum atomic E-state index is 10.7. The second-order valence-electron chi connectivity index (χ2n) is 7.06. The SMILES string of the molecule is CC(C)CC(C)(N)COc1ccc(-c2ccnc(NC(=O)O)n2)cc1C#N. The highest BCUT2D eigenvalue weighted by Crippen LogP contribution is 2.26. The van der Waals surface area contributed by atoms with Crippen LogP contribution in [0.15, 0.2) is 30.5 Å². The van der Waals surface area contributed by atoms with Crippen molar-refractivity contribution in [2.45, 2.75) is 32.7 Å². The number of nitrogens with one attached hydrogen (secondary N) is 1. The first-order chi connectivity index (χ1) is 12.7. The van der Waals surface area contributed by atoms with E-state index < -0.39 is 11.6 Å². The topological polar surface area (TPSA) is 134 Å². The van der Waals surface area contributed by atoms with Crippen molar-refractivity contribution in [2.24, 2.45) is 11.7 Å². The number of ether oxygens (including phenoxy) is 1. The summed E-state index contributed by atoms with van der Waals surface area (Å²) in [5.41, 5.74) is 7.24. The van der Waals surface area contributed by atoms with Gasteiger partial charge in [0.1, 0.15) is 18.4 Å². The molecule has 0 saturated heterocycles. The van der Waals surface area contributed by atoms with Gasteiger partial charge in [0.2, 0.25) is 5.95 Å². The van der Waals surface area contributed by atoms with Gasteiger partial charge in [0.15, 0.2) is 0 Å². The Morgan fingerprint density at radius 1 is 1.44 bits per heavy atom. The molecule has 0 bridgehead atoms. The number of amides is 1. The van der Waals surface area contributed by atoms with Crippen LogP contribution in [0.2, 0.25) is 0 Å². The van der Waals surface area contributed by atoms with Gasteiger partial charge in [-0.1, -0.05) is 13.8 Å². The van der Waals surface area contributed by atoms with Gasteiger partial charge in [-0.3, -0.25) is 5.32 Å². The van der Waals surface area contributed by atoms with Crippen molar-refractivity contribution in [3.05, 3.63) is 36.0 Å².